The van der Waals surface area contributed by atoms with Crippen molar-refractivity contribution in [3.05, 3.63) is 52.0 Å². The fourth-order valence-electron chi connectivity index (χ4n) is 1.87. The second kappa shape index (κ2) is 5.74. The van der Waals surface area contributed by atoms with Crippen molar-refractivity contribution in [2.24, 2.45) is 0 Å². The van der Waals surface area contributed by atoms with Crippen LogP contribution in [0, 0.1) is 0 Å². The van der Waals surface area contributed by atoms with Gasteiger partial charge < -0.3 is 9.67 Å². The van der Waals surface area contributed by atoms with Crippen molar-refractivity contribution < 1.29 is 5.11 Å². The number of aromatic nitrogens is 2. The third-order valence-corrected chi connectivity index (χ3v) is 3.44. The molecule has 0 spiro atoms. The molecule has 1 aromatic carbocycles. The summed E-state index contributed by atoms with van der Waals surface area (Å²) >= 11 is 11.9. The van der Waals surface area contributed by atoms with Crippen LogP contribution in [0.4, 0.5) is 0 Å². The van der Waals surface area contributed by atoms with Crippen molar-refractivity contribution in [3.8, 4) is 0 Å². The monoisotopic (exact) mass is 284 g/mol. The number of nitrogens with zero attached hydrogens (tertiary/aromatic N) is 2. The van der Waals surface area contributed by atoms with Crippen LogP contribution in [-0.2, 0) is 13.0 Å². The Balaban J connectivity index is 2.18. The summed E-state index contributed by atoms with van der Waals surface area (Å²) in [5.74, 6) is 0. The number of imidazole rings is 1. The van der Waals surface area contributed by atoms with Gasteiger partial charge in [0.25, 0.3) is 0 Å². The standard InChI is InChI=1S/C13H14Cl2N2O/c1-2-17-8-16-7-12(17)13(18)5-9-3-4-10(14)6-11(9)15/h3-4,6-8,13,18H,2,5H2,1H3. The van der Waals surface area contributed by atoms with Gasteiger partial charge in [0.05, 0.1) is 24.3 Å². The predicted molar refractivity (Wildman–Crippen MR) is 73.0 cm³/mol. The zero-order chi connectivity index (χ0) is 13.1. The minimum atomic E-state index is -0.619. The first-order valence-corrected chi connectivity index (χ1v) is 6.49. The molecule has 1 aromatic heterocycles. The van der Waals surface area contributed by atoms with Crippen molar-refractivity contribution in [1.82, 2.24) is 9.55 Å². The molecule has 2 aromatic rings. The first-order chi connectivity index (χ1) is 8.61. The Kier molecular flexibility index (Phi) is 4.27. The molecule has 1 unspecified atom stereocenters. The smallest absolute Gasteiger partial charge is 0.0996 e. The molecule has 0 radical (unpaired) electrons. The first kappa shape index (κ1) is 13.4. The molecule has 0 bridgehead atoms. The highest BCUT2D eigenvalue weighted by Crippen LogP contribution is 2.26. The normalized spacial score (nSPS) is 12.7. The van der Waals surface area contributed by atoms with Gasteiger partial charge in [0, 0.05) is 23.0 Å². The van der Waals surface area contributed by atoms with E-state index >= 15 is 0 Å². The summed E-state index contributed by atoms with van der Waals surface area (Å²) in [7, 11) is 0. The molecule has 0 fully saturated rings. The Bertz CT molecular complexity index is 540. The zero-order valence-corrected chi connectivity index (χ0v) is 11.5. The average Bonchev–Trinajstić information content (AvgIpc) is 2.81. The van der Waals surface area contributed by atoms with Crippen molar-refractivity contribution in [3.63, 3.8) is 0 Å². The van der Waals surface area contributed by atoms with Crippen LogP contribution >= 0.6 is 23.2 Å². The lowest BCUT2D eigenvalue weighted by molar-refractivity contribution is 0.169. The molecular weight excluding hydrogens is 271 g/mol. The lowest BCUT2D eigenvalue weighted by Crippen LogP contribution is -2.08. The number of hydrogen-bond acceptors (Lipinski definition) is 2. The number of aryl methyl sites for hydroxylation is 1. The molecule has 5 heteroatoms. The van der Waals surface area contributed by atoms with Crippen LogP contribution in [0.2, 0.25) is 10.0 Å². The van der Waals surface area contributed by atoms with E-state index in [0.717, 1.165) is 17.8 Å². The van der Waals surface area contributed by atoms with E-state index in [9.17, 15) is 5.11 Å². The van der Waals surface area contributed by atoms with Gasteiger partial charge in [0.1, 0.15) is 0 Å². The zero-order valence-electron chi connectivity index (χ0n) is 9.98. The van der Waals surface area contributed by atoms with Crippen molar-refractivity contribution in [2.75, 3.05) is 0 Å². The Morgan fingerprint density at radius 3 is 2.83 bits per heavy atom. The lowest BCUT2D eigenvalue weighted by atomic mass is 10.1. The molecule has 2 rings (SSSR count). The highest BCUT2D eigenvalue weighted by Gasteiger charge is 2.14. The number of benzene rings is 1. The Morgan fingerprint density at radius 2 is 2.17 bits per heavy atom. The largest absolute Gasteiger partial charge is 0.386 e. The highest BCUT2D eigenvalue weighted by atomic mass is 35.5. The minimum Gasteiger partial charge on any atom is -0.386 e. The van der Waals surface area contributed by atoms with E-state index in [1.54, 1.807) is 24.7 Å². The summed E-state index contributed by atoms with van der Waals surface area (Å²) in [5, 5.41) is 11.4. The fraction of sp³-hybridized carbons (Fsp3) is 0.308. The van der Waals surface area contributed by atoms with Crippen LogP contribution in [-0.4, -0.2) is 14.7 Å². The van der Waals surface area contributed by atoms with E-state index in [2.05, 4.69) is 4.98 Å². The number of halogens is 2. The average molecular weight is 285 g/mol. The highest BCUT2D eigenvalue weighted by molar-refractivity contribution is 6.35. The Hall–Kier alpha value is -1.03. The summed E-state index contributed by atoms with van der Waals surface area (Å²) in [6.07, 6.45) is 3.22. The Morgan fingerprint density at radius 1 is 1.39 bits per heavy atom. The number of hydrogen-bond donors (Lipinski definition) is 1. The third kappa shape index (κ3) is 2.86. The summed E-state index contributed by atoms with van der Waals surface area (Å²) in [6, 6.07) is 5.29. The first-order valence-electron chi connectivity index (χ1n) is 5.73. The molecule has 1 heterocycles. The molecule has 3 nitrogen and oxygen atoms in total. The van der Waals surface area contributed by atoms with E-state index in [0.29, 0.717) is 16.5 Å². The fourth-order valence-corrected chi connectivity index (χ4v) is 2.36. The van der Waals surface area contributed by atoms with Crippen LogP contribution in [0.3, 0.4) is 0 Å². The Labute approximate surface area is 116 Å². The molecule has 0 amide bonds. The van der Waals surface area contributed by atoms with Gasteiger partial charge in [-0.2, -0.15) is 0 Å². The second-order valence-corrected chi connectivity index (χ2v) is 4.90. The maximum atomic E-state index is 10.2. The molecule has 1 N–H and O–H groups in total. The predicted octanol–water partition coefficient (Wildman–Crippen LogP) is 3.49. The molecular formula is C13H14Cl2N2O. The number of rotatable bonds is 4. The molecule has 0 saturated carbocycles. The third-order valence-electron chi connectivity index (χ3n) is 2.85. The maximum absolute atomic E-state index is 10.2. The molecule has 0 aliphatic rings. The van der Waals surface area contributed by atoms with Crippen LogP contribution in [0.25, 0.3) is 0 Å². The van der Waals surface area contributed by atoms with Crippen LogP contribution in [0.5, 0.6) is 0 Å². The van der Waals surface area contributed by atoms with Gasteiger partial charge in [-0.25, -0.2) is 4.98 Å². The molecule has 18 heavy (non-hydrogen) atoms. The van der Waals surface area contributed by atoms with Crippen molar-refractivity contribution in [1.29, 1.82) is 0 Å². The van der Waals surface area contributed by atoms with Gasteiger partial charge in [0.2, 0.25) is 0 Å². The van der Waals surface area contributed by atoms with Crippen molar-refractivity contribution in [2.45, 2.75) is 26.0 Å². The van der Waals surface area contributed by atoms with Gasteiger partial charge in [0.15, 0.2) is 0 Å². The summed E-state index contributed by atoms with van der Waals surface area (Å²) in [4.78, 5) is 4.04. The summed E-state index contributed by atoms with van der Waals surface area (Å²) < 4.78 is 1.91. The van der Waals surface area contributed by atoms with E-state index in [4.69, 9.17) is 23.2 Å². The van der Waals surface area contributed by atoms with Crippen LogP contribution < -0.4 is 0 Å². The van der Waals surface area contributed by atoms with Gasteiger partial charge in [-0.05, 0) is 24.6 Å². The van der Waals surface area contributed by atoms with Gasteiger partial charge >= 0.3 is 0 Å². The topological polar surface area (TPSA) is 38.0 Å². The molecule has 96 valence electrons. The van der Waals surface area contributed by atoms with Gasteiger partial charge in [-0.3, -0.25) is 0 Å². The van der Waals surface area contributed by atoms with E-state index in [1.165, 1.54) is 0 Å². The van der Waals surface area contributed by atoms with Gasteiger partial charge in [-0.1, -0.05) is 29.3 Å². The van der Waals surface area contributed by atoms with Crippen LogP contribution in [0.15, 0.2) is 30.7 Å². The second-order valence-electron chi connectivity index (χ2n) is 4.06. The molecule has 1 atom stereocenters. The maximum Gasteiger partial charge on any atom is 0.0996 e. The number of aliphatic hydroxyl groups is 1. The van der Waals surface area contributed by atoms with Crippen molar-refractivity contribution >= 4 is 23.2 Å². The number of aliphatic hydroxyl groups excluding tert-OH is 1. The quantitative estimate of drug-likeness (QED) is 0.933. The van der Waals surface area contributed by atoms with Gasteiger partial charge in [-0.15, -0.1) is 0 Å². The molecule has 0 aliphatic carbocycles. The SMILES string of the molecule is CCn1cncc1C(O)Cc1ccc(Cl)cc1Cl. The lowest BCUT2D eigenvalue weighted by Gasteiger charge is -2.13. The van der Waals surface area contributed by atoms with Crippen LogP contribution in [0.1, 0.15) is 24.3 Å². The molecule has 0 aliphatic heterocycles. The van der Waals surface area contributed by atoms with E-state index in [1.807, 2.05) is 17.6 Å². The van der Waals surface area contributed by atoms with E-state index < -0.39 is 6.10 Å². The van der Waals surface area contributed by atoms with E-state index in [-0.39, 0.29) is 0 Å². The summed E-state index contributed by atoms with van der Waals surface area (Å²) in [6.45, 7) is 2.79. The molecule has 0 saturated heterocycles. The summed E-state index contributed by atoms with van der Waals surface area (Å²) in [5.41, 5.74) is 1.67. The minimum absolute atomic E-state index is 0.446.